The molecule has 1 atom stereocenters. The molecule has 0 spiro atoms. The van der Waals surface area contributed by atoms with Crippen molar-refractivity contribution < 1.29 is 9.90 Å². The molecule has 0 aromatic carbocycles. The third kappa shape index (κ3) is 4.79. The van der Waals surface area contributed by atoms with E-state index in [0.29, 0.717) is 6.54 Å². The molecule has 1 fully saturated rings. The van der Waals surface area contributed by atoms with Crippen LogP contribution in [0.4, 0.5) is 0 Å². The zero-order chi connectivity index (χ0) is 12.1. The lowest BCUT2D eigenvalue weighted by Crippen LogP contribution is -2.54. The summed E-state index contributed by atoms with van der Waals surface area (Å²) in [6.45, 7) is 7.90. The van der Waals surface area contributed by atoms with Gasteiger partial charge in [-0.05, 0) is 5.92 Å². The van der Waals surface area contributed by atoms with Crippen molar-refractivity contribution >= 4 is 18.3 Å². The standard InChI is InChI=1S/C11H23N3O2.ClH/c1-9(2)10(12)11(16)14-5-3-13(4-6-14)7-8-15;/h9-10,15H,3-8,12H2,1-2H3;1H. The van der Waals surface area contributed by atoms with E-state index in [1.807, 2.05) is 18.7 Å². The van der Waals surface area contributed by atoms with Crippen molar-refractivity contribution in [2.45, 2.75) is 19.9 Å². The monoisotopic (exact) mass is 265 g/mol. The van der Waals surface area contributed by atoms with Gasteiger partial charge in [-0.25, -0.2) is 0 Å². The van der Waals surface area contributed by atoms with Crippen molar-refractivity contribution in [2.75, 3.05) is 39.3 Å². The Balaban J connectivity index is 0.00000256. The second kappa shape index (κ2) is 7.87. The molecule has 1 unspecified atom stereocenters. The van der Waals surface area contributed by atoms with Crippen LogP contribution in [0, 0.1) is 5.92 Å². The second-order valence-electron chi connectivity index (χ2n) is 4.66. The van der Waals surface area contributed by atoms with Gasteiger partial charge in [0.15, 0.2) is 0 Å². The number of aliphatic hydroxyl groups excluding tert-OH is 1. The van der Waals surface area contributed by atoms with Crippen LogP contribution < -0.4 is 5.73 Å². The lowest BCUT2D eigenvalue weighted by Gasteiger charge is -2.36. The minimum Gasteiger partial charge on any atom is -0.395 e. The normalized spacial score (nSPS) is 19.0. The number of β-amino-alcohol motifs (C(OH)–C–C–N with tert-alkyl or cyclic N) is 1. The van der Waals surface area contributed by atoms with Gasteiger partial charge in [0.25, 0.3) is 0 Å². The fraction of sp³-hybridized carbons (Fsp3) is 0.909. The Bertz CT molecular complexity index is 231. The van der Waals surface area contributed by atoms with Crippen LogP contribution in [0.25, 0.3) is 0 Å². The van der Waals surface area contributed by atoms with Gasteiger partial charge in [0.05, 0.1) is 12.6 Å². The molecule has 0 saturated carbocycles. The summed E-state index contributed by atoms with van der Waals surface area (Å²) < 4.78 is 0. The number of halogens is 1. The van der Waals surface area contributed by atoms with Crippen molar-refractivity contribution in [3.8, 4) is 0 Å². The zero-order valence-corrected chi connectivity index (χ0v) is 11.4. The summed E-state index contributed by atoms with van der Waals surface area (Å²) in [5.41, 5.74) is 5.84. The molecule has 1 saturated heterocycles. The molecule has 0 aromatic heterocycles. The molecular weight excluding hydrogens is 242 g/mol. The molecule has 0 bridgehead atoms. The SMILES string of the molecule is CC(C)C(N)C(=O)N1CCN(CCO)CC1.Cl. The Morgan fingerprint density at radius 3 is 2.24 bits per heavy atom. The summed E-state index contributed by atoms with van der Waals surface area (Å²) in [7, 11) is 0. The maximum atomic E-state index is 11.9. The highest BCUT2D eigenvalue weighted by Gasteiger charge is 2.26. The molecule has 1 aliphatic heterocycles. The Kier molecular flexibility index (Phi) is 7.70. The number of piperazine rings is 1. The summed E-state index contributed by atoms with van der Waals surface area (Å²) in [4.78, 5) is 15.9. The number of hydrogen-bond donors (Lipinski definition) is 2. The zero-order valence-electron chi connectivity index (χ0n) is 10.6. The van der Waals surface area contributed by atoms with Crippen molar-refractivity contribution in [3.05, 3.63) is 0 Å². The van der Waals surface area contributed by atoms with Crippen molar-refractivity contribution in [3.63, 3.8) is 0 Å². The number of carbonyl (C=O) groups is 1. The van der Waals surface area contributed by atoms with Gasteiger partial charge in [-0.15, -0.1) is 12.4 Å². The second-order valence-corrected chi connectivity index (χ2v) is 4.66. The molecule has 5 nitrogen and oxygen atoms in total. The van der Waals surface area contributed by atoms with Crippen LogP contribution in [0.15, 0.2) is 0 Å². The van der Waals surface area contributed by atoms with E-state index in [4.69, 9.17) is 10.8 Å². The fourth-order valence-corrected chi connectivity index (χ4v) is 1.83. The Morgan fingerprint density at radius 2 is 1.82 bits per heavy atom. The van der Waals surface area contributed by atoms with Gasteiger partial charge >= 0.3 is 0 Å². The van der Waals surface area contributed by atoms with Crippen LogP contribution in [-0.4, -0.2) is 66.2 Å². The smallest absolute Gasteiger partial charge is 0.239 e. The topological polar surface area (TPSA) is 69.8 Å². The first-order valence-electron chi connectivity index (χ1n) is 5.94. The van der Waals surface area contributed by atoms with Crippen molar-refractivity contribution in [2.24, 2.45) is 11.7 Å². The number of rotatable bonds is 4. The van der Waals surface area contributed by atoms with Gasteiger partial charge in [0.1, 0.15) is 0 Å². The predicted octanol–water partition coefficient (Wildman–Crippen LogP) is -0.472. The van der Waals surface area contributed by atoms with Gasteiger partial charge < -0.3 is 15.7 Å². The average molecular weight is 266 g/mol. The van der Waals surface area contributed by atoms with Gasteiger partial charge in [-0.1, -0.05) is 13.8 Å². The summed E-state index contributed by atoms with van der Waals surface area (Å²) in [5.74, 6) is 0.238. The molecule has 0 radical (unpaired) electrons. The van der Waals surface area contributed by atoms with Crippen molar-refractivity contribution in [1.82, 2.24) is 9.80 Å². The first-order chi connectivity index (χ1) is 7.56. The van der Waals surface area contributed by atoms with Gasteiger partial charge in [-0.3, -0.25) is 9.69 Å². The average Bonchev–Trinajstić information content (AvgIpc) is 2.28. The van der Waals surface area contributed by atoms with Crippen LogP contribution >= 0.6 is 12.4 Å². The Labute approximate surface area is 109 Å². The lowest BCUT2D eigenvalue weighted by molar-refractivity contribution is -0.135. The summed E-state index contributed by atoms with van der Waals surface area (Å²) in [6.07, 6.45) is 0. The largest absolute Gasteiger partial charge is 0.395 e. The van der Waals surface area contributed by atoms with E-state index < -0.39 is 0 Å². The number of carbonyl (C=O) groups excluding carboxylic acids is 1. The minimum absolute atomic E-state index is 0. The van der Waals surface area contributed by atoms with Crippen LogP contribution in [0.5, 0.6) is 0 Å². The highest BCUT2D eigenvalue weighted by Crippen LogP contribution is 2.07. The van der Waals surface area contributed by atoms with E-state index in [-0.39, 0.29) is 36.9 Å². The van der Waals surface area contributed by atoms with E-state index in [1.54, 1.807) is 0 Å². The predicted molar refractivity (Wildman–Crippen MR) is 70.2 cm³/mol. The summed E-state index contributed by atoms with van der Waals surface area (Å²) in [5, 5.41) is 8.81. The van der Waals surface area contributed by atoms with Crippen LogP contribution in [0.3, 0.4) is 0 Å². The van der Waals surface area contributed by atoms with Crippen molar-refractivity contribution in [1.29, 1.82) is 0 Å². The maximum Gasteiger partial charge on any atom is 0.239 e. The molecule has 102 valence electrons. The summed E-state index contributed by atoms with van der Waals surface area (Å²) >= 11 is 0. The number of nitrogens with zero attached hydrogens (tertiary/aromatic N) is 2. The molecule has 1 heterocycles. The molecule has 0 aromatic rings. The van der Waals surface area contributed by atoms with E-state index >= 15 is 0 Å². The quantitative estimate of drug-likeness (QED) is 0.721. The Hall–Kier alpha value is -0.360. The molecule has 17 heavy (non-hydrogen) atoms. The van der Waals surface area contributed by atoms with E-state index in [0.717, 1.165) is 26.2 Å². The molecule has 6 heteroatoms. The first-order valence-corrected chi connectivity index (χ1v) is 5.94. The molecule has 1 amide bonds. The third-order valence-corrected chi connectivity index (χ3v) is 3.10. The highest BCUT2D eigenvalue weighted by atomic mass is 35.5. The number of aliphatic hydroxyl groups is 1. The van der Waals surface area contributed by atoms with Gasteiger partial charge in [0, 0.05) is 32.7 Å². The molecular formula is C11H24ClN3O2. The van der Waals surface area contributed by atoms with E-state index in [9.17, 15) is 4.79 Å². The molecule has 1 aliphatic rings. The maximum absolute atomic E-state index is 11.9. The minimum atomic E-state index is -0.385. The van der Waals surface area contributed by atoms with Crippen LogP contribution in [0.2, 0.25) is 0 Å². The fourth-order valence-electron chi connectivity index (χ4n) is 1.83. The number of nitrogens with two attached hydrogens (primary N) is 1. The number of amides is 1. The van der Waals surface area contributed by atoms with Crippen LogP contribution in [0.1, 0.15) is 13.8 Å². The van der Waals surface area contributed by atoms with Crippen LogP contribution in [-0.2, 0) is 4.79 Å². The third-order valence-electron chi connectivity index (χ3n) is 3.10. The number of hydrogen-bond acceptors (Lipinski definition) is 4. The van der Waals surface area contributed by atoms with Gasteiger partial charge in [-0.2, -0.15) is 0 Å². The highest BCUT2D eigenvalue weighted by molar-refractivity contribution is 5.85. The van der Waals surface area contributed by atoms with E-state index in [1.165, 1.54) is 0 Å². The molecule has 3 N–H and O–H groups in total. The lowest BCUT2D eigenvalue weighted by atomic mass is 10.0. The summed E-state index contributed by atoms with van der Waals surface area (Å²) in [6, 6.07) is -0.385. The van der Waals surface area contributed by atoms with E-state index in [2.05, 4.69) is 4.90 Å². The molecule has 0 aliphatic carbocycles. The van der Waals surface area contributed by atoms with Gasteiger partial charge in [0.2, 0.25) is 5.91 Å². The Morgan fingerprint density at radius 1 is 1.29 bits per heavy atom. The first kappa shape index (κ1) is 16.6. The molecule has 1 rings (SSSR count).